The van der Waals surface area contributed by atoms with Gasteiger partial charge in [0.2, 0.25) is 11.8 Å². The Labute approximate surface area is 239 Å². The molecular formula is C30H41N3O4S2. The highest BCUT2D eigenvalue weighted by atomic mass is 32.2. The van der Waals surface area contributed by atoms with Gasteiger partial charge in [0, 0.05) is 11.3 Å². The van der Waals surface area contributed by atoms with Crippen molar-refractivity contribution < 1.29 is 19.1 Å². The number of esters is 1. The number of rotatable bonds is 6. The quantitative estimate of drug-likeness (QED) is 0.411. The van der Waals surface area contributed by atoms with Gasteiger partial charge in [-0.25, -0.2) is 4.79 Å². The normalized spacial score (nSPS) is 34.2. The number of carbonyl (C=O) groups excluding carboxylic acids is 3. The molecule has 9 heteroatoms. The molecule has 1 aliphatic heterocycles. The van der Waals surface area contributed by atoms with Crippen molar-refractivity contribution in [3.8, 4) is 0 Å². The number of anilines is 1. The van der Waals surface area contributed by atoms with E-state index in [1.54, 1.807) is 6.92 Å². The number of amides is 2. The van der Waals surface area contributed by atoms with E-state index in [-0.39, 0.29) is 41.8 Å². The van der Waals surface area contributed by atoms with Crippen molar-refractivity contribution in [1.29, 1.82) is 0 Å². The summed E-state index contributed by atoms with van der Waals surface area (Å²) in [6.07, 6.45) is 10.2. The van der Waals surface area contributed by atoms with Crippen LogP contribution in [-0.2, 0) is 27.2 Å². The molecule has 5 aliphatic carbocycles. The molecule has 0 spiro atoms. The maximum Gasteiger partial charge on any atom is 0.341 e. The van der Waals surface area contributed by atoms with Gasteiger partial charge >= 0.3 is 5.97 Å². The summed E-state index contributed by atoms with van der Waals surface area (Å²) in [7, 11) is 0. The Balaban J connectivity index is 1.15. The molecule has 1 aromatic rings. The van der Waals surface area contributed by atoms with Gasteiger partial charge in [0.15, 0.2) is 5.17 Å². The lowest BCUT2D eigenvalue weighted by atomic mass is 9.53. The smallest absolute Gasteiger partial charge is 0.341 e. The zero-order valence-corrected chi connectivity index (χ0v) is 25.2. The Bertz CT molecular complexity index is 1180. The van der Waals surface area contributed by atoms with Gasteiger partial charge in [0.1, 0.15) is 10.3 Å². The fraction of sp³-hybridized carbons (Fsp3) is 0.733. The summed E-state index contributed by atoms with van der Waals surface area (Å²) in [6, 6.07) is 0. The summed E-state index contributed by atoms with van der Waals surface area (Å²) in [5, 5.41) is 6.71. The minimum atomic E-state index is -0.511. The molecule has 1 saturated heterocycles. The van der Waals surface area contributed by atoms with Crippen molar-refractivity contribution in [3.05, 3.63) is 16.0 Å². The number of nitrogens with zero attached hydrogens (tertiary/aromatic N) is 1. The number of nitrogens with one attached hydrogen (secondary N) is 2. The number of fused-ring (bicyclic) bond motifs is 1. The Hall–Kier alpha value is -1.87. The number of hydrogen-bond acceptors (Lipinski definition) is 7. The molecule has 2 N–H and O–H groups in total. The SMILES string of the molecule is CCOC(=O)c1c(NC(=O)CC2SC(=NC34CC5CC(CC(C5)C3)C4)NC2=O)sc2c1CCC(C(C)(C)C)C2. The average Bonchev–Trinajstić information content (AvgIpc) is 3.35. The third-order valence-corrected chi connectivity index (χ3v) is 12.0. The Morgan fingerprint density at radius 2 is 1.79 bits per heavy atom. The summed E-state index contributed by atoms with van der Waals surface area (Å²) in [5.74, 6) is 2.09. The van der Waals surface area contributed by atoms with E-state index in [0.717, 1.165) is 66.7 Å². The summed E-state index contributed by atoms with van der Waals surface area (Å²) in [6.45, 7) is 8.86. The van der Waals surface area contributed by atoms with Crippen molar-refractivity contribution in [1.82, 2.24) is 5.32 Å². The zero-order chi connectivity index (χ0) is 27.5. The molecule has 0 radical (unpaired) electrons. The summed E-state index contributed by atoms with van der Waals surface area (Å²) >= 11 is 2.89. The zero-order valence-electron chi connectivity index (χ0n) is 23.6. The van der Waals surface area contributed by atoms with E-state index in [1.165, 1.54) is 42.4 Å². The Morgan fingerprint density at radius 3 is 2.41 bits per heavy atom. The van der Waals surface area contributed by atoms with Gasteiger partial charge in [-0.3, -0.25) is 14.6 Å². The van der Waals surface area contributed by atoms with Gasteiger partial charge in [-0.1, -0.05) is 32.5 Å². The maximum absolute atomic E-state index is 13.2. The standard InChI is InChI=1S/C30H41N3O4S2/c1-5-37-27(36)24-20-7-6-19(29(2,3)4)11-21(20)38-26(24)31-23(34)12-22-25(35)32-28(39-22)33-30-13-16-8-17(14-30)10-18(9-16)15-30/h16-19,22H,5-15H2,1-4H3,(H,31,34)(H,32,33,35). The van der Waals surface area contributed by atoms with Crippen molar-refractivity contribution in [2.24, 2.45) is 34.1 Å². The number of hydrogen-bond donors (Lipinski definition) is 2. The molecule has 0 aromatic carbocycles. The lowest BCUT2D eigenvalue weighted by molar-refractivity contribution is -0.122. The lowest BCUT2D eigenvalue weighted by Gasteiger charge is -2.55. The molecule has 2 unspecified atom stereocenters. The predicted molar refractivity (Wildman–Crippen MR) is 156 cm³/mol. The van der Waals surface area contributed by atoms with Gasteiger partial charge in [0.05, 0.1) is 17.7 Å². The number of ether oxygens (including phenoxy) is 1. The van der Waals surface area contributed by atoms with Crippen LogP contribution in [0.5, 0.6) is 0 Å². The number of carbonyl (C=O) groups is 3. The molecule has 6 aliphatic rings. The minimum absolute atomic E-state index is 0.0169. The number of aliphatic imine (C=N–C) groups is 1. The van der Waals surface area contributed by atoms with Crippen molar-refractivity contribution in [3.63, 3.8) is 0 Å². The van der Waals surface area contributed by atoms with Gasteiger partial charge in [0.25, 0.3) is 0 Å². The molecular weight excluding hydrogens is 530 g/mol. The van der Waals surface area contributed by atoms with Crippen molar-refractivity contribution in [2.75, 3.05) is 11.9 Å². The summed E-state index contributed by atoms with van der Waals surface area (Å²) in [4.78, 5) is 45.3. The lowest BCUT2D eigenvalue weighted by Crippen LogP contribution is -2.50. The van der Waals surface area contributed by atoms with E-state index in [9.17, 15) is 14.4 Å². The van der Waals surface area contributed by atoms with Crippen LogP contribution in [-0.4, -0.2) is 40.3 Å². The van der Waals surface area contributed by atoms with E-state index in [4.69, 9.17) is 9.73 Å². The molecule has 7 nitrogen and oxygen atoms in total. The first kappa shape index (κ1) is 27.3. The van der Waals surface area contributed by atoms with Gasteiger partial charge < -0.3 is 15.4 Å². The van der Waals surface area contributed by atoms with Crippen LogP contribution in [0, 0.1) is 29.1 Å². The van der Waals surface area contributed by atoms with Crippen LogP contribution in [0.1, 0.15) is 99.9 Å². The Morgan fingerprint density at radius 1 is 1.13 bits per heavy atom. The Kier molecular flexibility index (Phi) is 7.14. The molecule has 39 heavy (non-hydrogen) atoms. The highest BCUT2D eigenvalue weighted by Crippen LogP contribution is 2.57. The van der Waals surface area contributed by atoms with E-state index in [1.807, 2.05) is 0 Å². The average molecular weight is 572 g/mol. The first-order valence-corrected chi connectivity index (χ1v) is 16.4. The van der Waals surface area contributed by atoms with E-state index < -0.39 is 5.25 Å². The van der Waals surface area contributed by atoms with Crippen LogP contribution < -0.4 is 10.6 Å². The first-order chi connectivity index (χ1) is 18.5. The van der Waals surface area contributed by atoms with E-state index in [2.05, 4.69) is 31.4 Å². The summed E-state index contributed by atoms with van der Waals surface area (Å²) < 4.78 is 5.38. The maximum atomic E-state index is 13.2. The number of thiophene rings is 1. The highest BCUT2D eigenvalue weighted by molar-refractivity contribution is 8.15. The predicted octanol–water partition coefficient (Wildman–Crippen LogP) is 5.96. The monoisotopic (exact) mass is 571 g/mol. The molecule has 5 fully saturated rings. The van der Waals surface area contributed by atoms with Crippen LogP contribution in [0.3, 0.4) is 0 Å². The molecule has 4 saturated carbocycles. The van der Waals surface area contributed by atoms with Crippen LogP contribution in [0.2, 0.25) is 0 Å². The van der Waals surface area contributed by atoms with Crippen LogP contribution in [0.15, 0.2) is 4.99 Å². The third kappa shape index (κ3) is 5.42. The molecule has 2 heterocycles. The van der Waals surface area contributed by atoms with Gasteiger partial charge in [-0.05, 0) is 99.4 Å². The van der Waals surface area contributed by atoms with Crippen molar-refractivity contribution in [2.45, 2.75) is 103 Å². The summed E-state index contributed by atoms with van der Waals surface area (Å²) in [5.41, 5.74) is 1.69. The second kappa shape index (κ2) is 10.2. The molecule has 7 rings (SSSR count). The topological polar surface area (TPSA) is 96.9 Å². The molecule has 4 bridgehead atoms. The van der Waals surface area contributed by atoms with E-state index in [0.29, 0.717) is 21.7 Å². The van der Waals surface area contributed by atoms with Crippen LogP contribution >= 0.6 is 23.1 Å². The van der Waals surface area contributed by atoms with Gasteiger partial charge in [-0.2, -0.15) is 0 Å². The van der Waals surface area contributed by atoms with Crippen LogP contribution in [0.4, 0.5) is 5.00 Å². The van der Waals surface area contributed by atoms with Crippen LogP contribution in [0.25, 0.3) is 0 Å². The molecule has 1 aromatic heterocycles. The largest absolute Gasteiger partial charge is 0.462 e. The number of amidine groups is 1. The van der Waals surface area contributed by atoms with E-state index >= 15 is 0 Å². The van der Waals surface area contributed by atoms with Crippen molar-refractivity contribution >= 4 is 51.1 Å². The highest BCUT2D eigenvalue weighted by Gasteiger charge is 2.51. The molecule has 212 valence electrons. The number of thioether (sulfide) groups is 1. The minimum Gasteiger partial charge on any atom is -0.462 e. The second-order valence-corrected chi connectivity index (χ2v) is 15.9. The van der Waals surface area contributed by atoms with Gasteiger partial charge in [-0.15, -0.1) is 11.3 Å². The fourth-order valence-electron chi connectivity index (χ4n) is 8.19. The fourth-order valence-corrected chi connectivity index (χ4v) is 10.6. The first-order valence-electron chi connectivity index (χ1n) is 14.7. The third-order valence-electron chi connectivity index (χ3n) is 9.71. The second-order valence-electron chi connectivity index (χ2n) is 13.6. The molecule has 2 atom stereocenters. The molecule has 2 amide bonds.